The Hall–Kier alpha value is -1.26. The first kappa shape index (κ1) is 20.5. The molecule has 5 heteroatoms. The maximum atomic E-state index is 10.9. The monoisotopic (exact) mass is 407 g/mol. The van der Waals surface area contributed by atoms with Crippen LogP contribution in [0.1, 0.15) is 44.6 Å². The zero-order chi connectivity index (χ0) is 19.3. The van der Waals surface area contributed by atoms with E-state index in [9.17, 15) is 5.11 Å². The molecule has 3 nitrogen and oxygen atoms in total. The highest BCUT2D eigenvalue weighted by atomic mass is 35.5. The highest BCUT2D eigenvalue weighted by molar-refractivity contribution is 6.35. The minimum atomic E-state index is -0.858. The lowest BCUT2D eigenvalue weighted by atomic mass is 9.92. The Bertz CT molecular complexity index is 738. The maximum Gasteiger partial charge on any atom is 0.146 e. The Morgan fingerprint density at radius 2 is 1.67 bits per heavy atom. The first-order valence-electron chi connectivity index (χ1n) is 9.62. The molecule has 2 aromatic carbocycles. The van der Waals surface area contributed by atoms with Crippen LogP contribution < -0.4 is 4.74 Å². The second kappa shape index (κ2) is 9.29. The van der Waals surface area contributed by atoms with Gasteiger partial charge in [0.05, 0.1) is 10.6 Å². The van der Waals surface area contributed by atoms with Crippen molar-refractivity contribution in [3.63, 3.8) is 0 Å². The fourth-order valence-electron chi connectivity index (χ4n) is 3.45. The Morgan fingerprint density at radius 3 is 2.30 bits per heavy atom. The van der Waals surface area contributed by atoms with Crippen molar-refractivity contribution in [2.24, 2.45) is 0 Å². The summed E-state index contributed by atoms with van der Waals surface area (Å²) in [5.41, 5.74) is 0.0369. The minimum absolute atomic E-state index is 0.469. The zero-order valence-corrected chi connectivity index (χ0v) is 17.3. The molecule has 0 aliphatic carbocycles. The van der Waals surface area contributed by atoms with Crippen molar-refractivity contribution in [2.45, 2.75) is 44.6 Å². The van der Waals surface area contributed by atoms with E-state index < -0.39 is 5.60 Å². The summed E-state index contributed by atoms with van der Waals surface area (Å²) in [6.45, 7) is 5.10. The van der Waals surface area contributed by atoms with Crippen molar-refractivity contribution in [2.75, 3.05) is 19.6 Å². The van der Waals surface area contributed by atoms with Gasteiger partial charge in [-0.05, 0) is 75.2 Å². The third-order valence-corrected chi connectivity index (χ3v) is 5.74. The molecule has 0 amide bonds. The lowest BCUT2D eigenvalue weighted by Crippen LogP contribution is -2.32. The fraction of sp³-hybridized carbons (Fsp3) is 0.455. The Labute approximate surface area is 171 Å². The smallest absolute Gasteiger partial charge is 0.146 e. The summed E-state index contributed by atoms with van der Waals surface area (Å²) in [7, 11) is 0. The quantitative estimate of drug-likeness (QED) is 0.612. The highest BCUT2D eigenvalue weighted by Crippen LogP contribution is 2.33. The molecule has 0 radical (unpaired) electrons. The average Bonchev–Trinajstić information content (AvgIpc) is 2.92. The van der Waals surface area contributed by atoms with Crippen LogP contribution in [0.3, 0.4) is 0 Å². The van der Waals surface area contributed by atoms with E-state index in [2.05, 4.69) is 4.90 Å². The molecule has 0 aromatic heterocycles. The van der Waals surface area contributed by atoms with Gasteiger partial charge in [-0.2, -0.15) is 0 Å². The van der Waals surface area contributed by atoms with Crippen LogP contribution >= 0.6 is 23.2 Å². The summed E-state index contributed by atoms with van der Waals surface area (Å²) < 4.78 is 5.82. The standard InChI is InChI=1S/C22H27Cl2NO2/c1-22(26,12-15-25-13-4-2-3-5-14-25)17-6-9-19(10-7-17)27-21-11-8-18(23)16-20(21)24/h6-11,16,26H,2-5,12-15H2,1H3. The van der Waals surface area contributed by atoms with E-state index in [4.69, 9.17) is 27.9 Å². The van der Waals surface area contributed by atoms with Gasteiger partial charge in [-0.25, -0.2) is 0 Å². The number of nitrogens with zero attached hydrogens (tertiary/aromatic N) is 1. The molecule has 1 fully saturated rings. The van der Waals surface area contributed by atoms with Gasteiger partial charge in [0, 0.05) is 11.6 Å². The molecule has 0 bridgehead atoms. The first-order chi connectivity index (χ1) is 12.9. The van der Waals surface area contributed by atoms with E-state index in [0.717, 1.165) is 31.6 Å². The number of rotatable bonds is 6. The zero-order valence-electron chi connectivity index (χ0n) is 15.8. The normalized spacial score (nSPS) is 17.9. The van der Waals surface area contributed by atoms with Crippen LogP contribution in [0.15, 0.2) is 42.5 Å². The van der Waals surface area contributed by atoms with Crippen molar-refractivity contribution < 1.29 is 9.84 Å². The van der Waals surface area contributed by atoms with Crippen LogP contribution in [0.25, 0.3) is 0 Å². The van der Waals surface area contributed by atoms with Crippen molar-refractivity contribution in [3.8, 4) is 11.5 Å². The highest BCUT2D eigenvalue weighted by Gasteiger charge is 2.24. The van der Waals surface area contributed by atoms with Crippen molar-refractivity contribution >= 4 is 23.2 Å². The number of ether oxygens (including phenoxy) is 1. The van der Waals surface area contributed by atoms with Crippen LogP contribution in [0.2, 0.25) is 10.0 Å². The van der Waals surface area contributed by atoms with Gasteiger partial charge in [-0.15, -0.1) is 0 Å². The Kier molecular flexibility index (Phi) is 7.04. The Balaban J connectivity index is 1.61. The van der Waals surface area contributed by atoms with Gasteiger partial charge in [0.25, 0.3) is 0 Å². The molecular formula is C22H27Cl2NO2. The summed E-state index contributed by atoms with van der Waals surface area (Å²) in [5.74, 6) is 1.23. The van der Waals surface area contributed by atoms with Gasteiger partial charge in [-0.3, -0.25) is 0 Å². The predicted octanol–water partition coefficient (Wildman–Crippen LogP) is 6.26. The van der Waals surface area contributed by atoms with Crippen LogP contribution in [0.5, 0.6) is 11.5 Å². The summed E-state index contributed by atoms with van der Waals surface area (Å²) in [6, 6.07) is 12.7. The van der Waals surface area contributed by atoms with Crippen LogP contribution in [0, 0.1) is 0 Å². The average molecular weight is 408 g/mol. The SMILES string of the molecule is CC(O)(CCN1CCCCCC1)c1ccc(Oc2ccc(Cl)cc2Cl)cc1. The van der Waals surface area contributed by atoms with E-state index in [0.29, 0.717) is 21.5 Å². The van der Waals surface area contributed by atoms with Gasteiger partial charge >= 0.3 is 0 Å². The summed E-state index contributed by atoms with van der Waals surface area (Å²) >= 11 is 12.1. The third kappa shape index (κ3) is 5.86. The molecule has 1 heterocycles. The van der Waals surface area contributed by atoms with Gasteiger partial charge in [0.15, 0.2) is 0 Å². The van der Waals surface area contributed by atoms with E-state index in [1.807, 2.05) is 31.2 Å². The van der Waals surface area contributed by atoms with E-state index in [1.165, 1.54) is 25.7 Å². The largest absolute Gasteiger partial charge is 0.456 e. The van der Waals surface area contributed by atoms with Crippen LogP contribution in [0.4, 0.5) is 0 Å². The fourth-order valence-corrected chi connectivity index (χ4v) is 3.89. The summed E-state index contributed by atoms with van der Waals surface area (Å²) in [4.78, 5) is 2.47. The second-order valence-corrected chi connectivity index (χ2v) is 8.32. The van der Waals surface area contributed by atoms with E-state index in [-0.39, 0.29) is 0 Å². The molecule has 1 saturated heterocycles. The number of benzene rings is 2. The van der Waals surface area contributed by atoms with Crippen LogP contribution in [-0.2, 0) is 5.60 Å². The number of halogens is 2. The molecule has 1 aliphatic rings. The van der Waals surface area contributed by atoms with Crippen LogP contribution in [-0.4, -0.2) is 29.6 Å². The Morgan fingerprint density at radius 1 is 1.00 bits per heavy atom. The molecule has 27 heavy (non-hydrogen) atoms. The molecule has 3 rings (SSSR count). The number of likely N-dealkylation sites (tertiary alicyclic amines) is 1. The molecule has 1 N–H and O–H groups in total. The number of hydrogen-bond donors (Lipinski definition) is 1. The van der Waals surface area contributed by atoms with Crippen molar-refractivity contribution in [3.05, 3.63) is 58.1 Å². The molecule has 0 spiro atoms. The predicted molar refractivity (Wildman–Crippen MR) is 112 cm³/mol. The molecule has 1 unspecified atom stereocenters. The summed E-state index contributed by atoms with van der Waals surface area (Å²) in [5, 5.41) is 12.0. The van der Waals surface area contributed by atoms with E-state index >= 15 is 0 Å². The van der Waals surface area contributed by atoms with Crippen molar-refractivity contribution in [1.29, 1.82) is 0 Å². The molecule has 2 aromatic rings. The minimum Gasteiger partial charge on any atom is -0.456 e. The van der Waals surface area contributed by atoms with E-state index in [1.54, 1.807) is 18.2 Å². The summed E-state index contributed by atoms with van der Waals surface area (Å²) in [6.07, 6.45) is 5.90. The molecule has 1 aliphatic heterocycles. The van der Waals surface area contributed by atoms with Gasteiger partial charge < -0.3 is 14.7 Å². The molecular weight excluding hydrogens is 381 g/mol. The number of hydrogen-bond acceptors (Lipinski definition) is 3. The topological polar surface area (TPSA) is 32.7 Å². The maximum absolute atomic E-state index is 10.9. The molecule has 146 valence electrons. The molecule has 1 atom stereocenters. The van der Waals surface area contributed by atoms with Gasteiger partial charge in [-0.1, -0.05) is 48.2 Å². The lowest BCUT2D eigenvalue weighted by molar-refractivity contribution is 0.0362. The first-order valence-corrected chi connectivity index (χ1v) is 10.4. The lowest BCUT2D eigenvalue weighted by Gasteiger charge is -2.28. The van der Waals surface area contributed by atoms with Gasteiger partial charge in [0.2, 0.25) is 0 Å². The second-order valence-electron chi connectivity index (χ2n) is 7.48. The molecule has 0 saturated carbocycles. The number of aliphatic hydroxyl groups is 1. The third-order valence-electron chi connectivity index (χ3n) is 5.21. The van der Waals surface area contributed by atoms with Crippen molar-refractivity contribution in [1.82, 2.24) is 4.90 Å². The van der Waals surface area contributed by atoms with Gasteiger partial charge in [0.1, 0.15) is 11.5 Å².